The van der Waals surface area contributed by atoms with Gasteiger partial charge < -0.3 is 10.4 Å². The van der Waals surface area contributed by atoms with E-state index in [1.165, 1.54) is 0 Å². The van der Waals surface area contributed by atoms with Crippen LogP contribution in [0.3, 0.4) is 0 Å². The predicted octanol–water partition coefficient (Wildman–Crippen LogP) is 1.69. The van der Waals surface area contributed by atoms with Gasteiger partial charge in [0.05, 0.1) is 12.6 Å². The molecule has 2 nitrogen and oxygen atoms in total. The molecular weight excluding hydrogens is 195 g/mol. The van der Waals surface area contributed by atoms with Crippen LogP contribution in [-0.4, -0.2) is 30.5 Å². The van der Waals surface area contributed by atoms with E-state index < -0.39 is 12.7 Å². The molecule has 0 amide bonds. The summed E-state index contributed by atoms with van der Waals surface area (Å²) < 4.78 is 35.3. The first-order valence-electron chi connectivity index (χ1n) is 4.93. The highest BCUT2D eigenvalue weighted by Crippen LogP contribution is 2.23. The Hall–Kier alpha value is -0.290. The maximum Gasteiger partial charge on any atom is 0.401 e. The lowest BCUT2D eigenvalue weighted by molar-refractivity contribution is -0.125. The van der Waals surface area contributed by atoms with Crippen molar-refractivity contribution in [1.29, 1.82) is 0 Å². The molecule has 0 unspecified atom stereocenters. The summed E-state index contributed by atoms with van der Waals surface area (Å²) in [5.74, 6) is 0.292. The maximum atomic E-state index is 11.8. The molecule has 5 heteroatoms. The molecule has 84 valence electrons. The molecular formula is C9H16F3NO. The standard InChI is InChI=1S/C9H16F3NO/c10-9(11,12)6-13-5-7-1-3-8(14)4-2-7/h7-8,13-14H,1-6H2. The number of hydrogen-bond acceptors (Lipinski definition) is 2. The zero-order valence-electron chi connectivity index (χ0n) is 7.98. The SMILES string of the molecule is OC1CCC(CNCC(F)(F)F)CC1. The summed E-state index contributed by atoms with van der Waals surface area (Å²) in [5, 5.41) is 11.6. The number of hydrogen-bond donors (Lipinski definition) is 2. The molecule has 0 bridgehead atoms. The Bertz CT molecular complexity index is 164. The summed E-state index contributed by atoms with van der Waals surface area (Å²) in [7, 11) is 0. The second kappa shape index (κ2) is 4.98. The lowest BCUT2D eigenvalue weighted by Crippen LogP contribution is -2.34. The van der Waals surface area contributed by atoms with Crippen LogP contribution in [0, 0.1) is 5.92 Å². The second-order valence-electron chi connectivity index (χ2n) is 3.92. The van der Waals surface area contributed by atoms with Gasteiger partial charge in [0.1, 0.15) is 0 Å². The summed E-state index contributed by atoms with van der Waals surface area (Å²) in [5.41, 5.74) is 0. The van der Waals surface area contributed by atoms with Gasteiger partial charge in [-0.1, -0.05) is 0 Å². The predicted molar refractivity (Wildman–Crippen MR) is 46.9 cm³/mol. The van der Waals surface area contributed by atoms with E-state index in [1.54, 1.807) is 0 Å². The van der Waals surface area contributed by atoms with Crippen molar-refractivity contribution in [1.82, 2.24) is 5.32 Å². The van der Waals surface area contributed by atoms with E-state index >= 15 is 0 Å². The zero-order valence-corrected chi connectivity index (χ0v) is 7.98. The van der Waals surface area contributed by atoms with Crippen molar-refractivity contribution in [2.75, 3.05) is 13.1 Å². The van der Waals surface area contributed by atoms with Gasteiger partial charge in [-0.2, -0.15) is 13.2 Å². The van der Waals surface area contributed by atoms with Gasteiger partial charge in [0.25, 0.3) is 0 Å². The Balaban J connectivity index is 2.08. The lowest BCUT2D eigenvalue weighted by atomic mass is 9.87. The van der Waals surface area contributed by atoms with Crippen LogP contribution in [0.15, 0.2) is 0 Å². The van der Waals surface area contributed by atoms with Gasteiger partial charge in [-0.3, -0.25) is 0 Å². The largest absolute Gasteiger partial charge is 0.401 e. The minimum absolute atomic E-state index is 0.242. The average Bonchev–Trinajstić information content (AvgIpc) is 2.06. The van der Waals surface area contributed by atoms with E-state index in [0.717, 1.165) is 25.7 Å². The summed E-state index contributed by atoms with van der Waals surface area (Å²) in [6.45, 7) is -0.502. The normalized spacial score (nSPS) is 29.1. The molecule has 1 fully saturated rings. The molecule has 2 N–H and O–H groups in total. The van der Waals surface area contributed by atoms with Crippen LogP contribution in [0.2, 0.25) is 0 Å². The molecule has 1 aliphatic carbocycles. The first-order chi connectivity index (χ1) is 6.47. The van der Waals surface area contributed by atoms with Gasteiger partial charge in [0, 0.05) is 0 Å². The first-order valence-corrected chi connectivity index (χ1v) is 4.93. The molecule has 0 aromatic heterocycles. The third-order valence-corrected chi connectivity index (χ3v) is 2.57. The monoisotopic (exact) mass is 211 g/mol. The van der Waals surface area contributed by atoms with Crippen LogP contribution in [0.1, 0.15) is 25.7 Å². The van der Waals surface area contributed by atoms with E-state index in [-0.39, 0.29) is 6.10 Å². The minimum Gasteiger partial charge on any atom is -0.393 e. The molecule has 1 saturated carbocycles. The molecule has 0 atom stereocenters. The van der Waals surface area contributed by atoms with Gasteiger partial charge in [-0.15, -0.1) is 0 Å². The Labute approximate surface area is 81.5 Å². The van der Waals surface area contributed by atoms with E-state index in [4.69, 9.17) is 0 Å². The number of aliphatic hydroxyl groups excluding tert-OH is 1. The summed E-state index contributed by atoms with van der Waals surface area (Å²) in [6, 6.07) is 0. The van der Waals surface area contributed by atoms with Gasteiger partial charge in [-0.25, -0.2) is 0 Å². The van der Waals surface area contributed by atoms with Crippen molar-refractivity contribution in [3.8, 4) is 0 Å². The Morgan fingerprint density at radius 2 is 1.71 bits per heavy atom. The fourth-order valence-electron chi connectivity index (χ4n) is 1.77. The van der Waals surface area contributed by atoms with Crippen molar-refractivity contribution in [3.63, 3.8) is 0 Å². The van der Waals surface area contributed by atoms with Crippen molar-refractivity contribution < 1.29 is 18.3 Å². The fourth-order valence-corrected chi connectivity index (χ4v) is 1.77. The molecule has 14 heavy (non-hydrogen) atoms. The van der Waals surface area contributed by atoms with Crippen LogP contribution in [0.4, 0.5) is 13.2 Å². The molecule has 0 radical (unpaired) electrons. The molecule has 1 rings (SSSR count). The highest BCUT2D eigenvalue weighted by molar-refractivity contribution is 4.73. The molecule has 0 aromatic carbocycles. The fraction of sp³-hybridized carbons (Fsp3) is 1.00. The van der Waals surface area contributed by atoms with Crippen LogP contribution >= 0.6 is 0 Å². The molecule has 1 aliphatic rings. The average molecular weight is 211 g/mol. The van der Waals surface area contributed by atoms with Crippen molar-refractivity contribution >= 4 is 0 Å². The number of nitrogens with one attached hydrogen (secondary N) is 1. The topological polar surface area (TPSA) is 32.3 Å². The quantitative estimate of drug-likeness (QED) is 0.744. The molecule has 0 aromatic rings. The summed E-state index contributed by atoms with van der Waals surface area (Å²) >= 11 is 0. The second-order valence-corrected chi connectivity index (χ2v) is 3.92. The summed E-state index contributed by atoms with van der Waals surface area (Å²) in [4.78, 5) is 0. The van der Waals surface area contributed by atoms with E-state index in [1.807, 2.05) is 0 Å². The Morgan fingerprint density at radius 1 is 1.14 bits per heavy atom. The van der Waals surface area contributed by atoms with E-state index in [0.29, 0.717) is 12.5 Å². The van der Waals surface area contributed by atoms with Gasteiger partial charge >= 0.3 is 6.18 Å². The van der Waals surface area contributed by atoms with Crippen LogP contribution in [0.5, 0.6) is 0 Å². The molecule has 0 heterocycles. The molecule has 0 aliphatic heterocycles. The molecule has 0 spiro atoms. The van der Waals surface area contributed by atoms with E-state index in [2.05, 4.69) is 5.32 Å². The van der Waals surface area contributed by atoms with Crippen molar-refractivity contribution in [2.24, 2.45) is 5.92 Å². The maximum absolute atomic E-state index is 11.8. The third-order valence-electron chi connectivity index (χ3n) is 2.57. The lowest BCUT2D eigenvalue weighted by Gasteiger charge is -2.25. The van der Waals surface area contributed by atoms with E-state index in [9.17, 15) is 18.3 Å². The smallest absolute Gasteiger partial charge is 0.393 e. The van der Waals surface area contributed by atoms with Gasteiger partial charge in [-0.05, 0) is 38.1 Å². The van der Waals surface area contributed by atoms with Crippen LogP contribution < -0.4 is 5.32 Å². The van der Waals surface area contributed by atoms with Crippen molar-refractivity contribution in [2.45, 2.75) is 38.0 Å². The Kier molecular flexibility index (Phi) is 4.19. The van der Waals surface area contributed by atoms with Gasteiger partial charge in [0.15, 0.2) is 0 Å². The zero-order chi connectivity index (χ0) is 10.6. The van der Waals surface area contributed by atoms with Crippen LogP contribution in [0.25, 0.3) is 0 Å². The number of halogens is 3. The third kappa shape index (κ3) is 4.81. The first kappa shape index (κ1) is 11.8. The van der Waals surface area contributed by atoms with Crippen molar-refractivity contribution in [3.05, 3.63) is 0 Å². The highest BCUT2D eigenvalue weighted by atomic mass is 19.4. The van der Waals surface area contributed by atoms with Crippen LogP contribution in [-0.2, 0) is 0 Å². The Morgan fingerprint density at radius 3 is 2.21 bits per heavy atom. The highest BCUT2D eigenvalue weighted by Gasteiger charge is 2.27. The molecule has 0 saturated heterocycles. The summed E-state index contributed by atoms with van der Waals surface area (Å²) in [6.07, 6.45) is -1.27. The minimum atomic E-state index is -4.12. The van der Waals surface area contributed by atoms with Gasteiger partial charge in [0.2, 0.25) is 0 Å². The number of aliphatic hydroxyl groups is 1. The number of rotatable bonds is 3. The number of alkyl halides is 3.